The predicted molar refractivity (Wildman–Crippen MR) is 122 cm³/mol. The van der Waals surface area contributed by atoms with E-state index in [9.17, 15) is 13.2 Å². The van der Waals surface area contributed by atoms with Crippen LogP contribution in [0, 0.1) is 5.92 Å². The molecule has 4 N–H and O–H groups in total. The van der Waals surface area contributed by atoms with Gasteiger partial charge in [0.05, 0.1) is 22.5 Å². The molecule has 2 aromatic heterocycles. The topological polar surface area (TPSA) is 143 Å². The Morgan fingerprint density at radius 1 is 1.09 bits per heavy atom. The Labute approximate surface area is 185 Å². The molecule has 2 heterocycles. The van der Waals surface area contributed by atoms with Crippen LogP contribution in [0.3, 0.4) is 0 Å². The van der Waals surface area contributed by atoms with Gasteiger partial charge in [-0.15, -0.1) is 0 Å². The summed E-state index contributed by atoms with van der Waals surface area (Å²) in [5.74, 6) is -0.281. The van der Waals surface area contributed by atoms with Crippen LogP contribution < -0.4 is 10.9 Å². The van der Waals surface area contributed by atoms with E-state index >= 15 is 0 Å². The van der Waals surface area contributed by atoms with E-state index < -0.39 is 16.0 Å². The van der Waals surface area contributed by atoms with E-state index in [1.807, 2.05) is 26.0 Å². The third-order valence-electron chi connectivity index (χ3n) is 5.32. The molecule has 0 bridgehead atoms. The largest absolute Gasteiger partial charge is 0.462 e. The fourth-order valence-corrected chi connectivity index (χ4v) is 3.83. The molecule has 4 rings (SSSR count). The van der Waals surface area contributed by atoms with Crippen LogP contribution in [-0.4, -0.2) is 35.5 Å². The fraction of sp³-hybridized carbons (Fsp3) is 0.227. The summed E-state index contributed by atoms with van der Waals surface area (Å²) in [5.41, 5.74) is 8.95. The van der Waals surface area contributed by atoms with Crippen LogP contribution in [0.5, 0.6) is 0 Å². The summed E-state index contributed by atoms with van der Waals surface area (Å²) in [6, 6.07) is 13.1. The summed E-state index contributed by atoms with van der Waals surface area (Å²) in [6.45, 7) is 4.26. The quantitative estimate of drug-likeness (QED) is 0.427. The lowest BCUT2D eigenvalue weighted by molar-refractivity contribution is 0.0450. The third-order valence-corrected chi connectivity index (χ3v) is 6.25. The number of carbonyl (C=O) groups excluding carboxylic acids is 1. The van der Waals surface area contributed by atoms with Crippen LogP contribution in [0.15, 0.2) is 53.4 Å². The second kappa shape index (κ2) is 8.21. The van der Waals surface area contributed by atoms with Crippen molar-refractivity contribution in [2.24, 2.45) is 11.1 Å². The monoisotopic (exact) mass is 453 g/mol. The van der Waals surface area contributed by atoms with Gasteiger partial charge < -0.3 is 10.5 Å². The van der Waals surface area contributed by atoms with Crippen molar-refractivity contribution in [3.05, 3.63) is 54.1 Å². The number of primary sulfonamides is 1. The molecule has 0 saturated heterocycles. The number of anilines is 1. The molecule has 0 fully saturated rings. The first-order valence-electron chi connectivity index (χ1n) is 10.1. The van der Waals surface area contributed by atoms with Gasteiger partial charge in [-0.25, -0.2) is 28.3 Å². The number of aromatic nitrogens is 3. The van der Waals surface area contributed by atoms with Gasteiger partial charge in [-0.05, 0) is 42.3 Å². The number of esters is 1. The van der Waals surface area contributed by atoms with Gasteiger partial charge in [-0.1, -0.05) is 32.4 Å². The van der Waals surface area contributed by atoms with Crippen LogP contribution in [0.4, 0.5) is 5.82 Å². The van der Waals surface area contributed by atoms with Gasteiger partial charge in [0, 0.05) is 5.69 Å². The number of hydrogen-bond donors (Lipinski definition) is 2. The van der Waals surface area contributed by atoms with Crippen molar-refractivity contribution in [2.75, 3.05) is 12.3 Å². The second-order valence-electron chi connectivity index (χ2n) is 7.63. The molecule has 10 heteroatoms. The number of nitrogen functional groups attached to an aromatic ring is 1. The van der Waals surface area contributed by atoms with E-state index in [-0.39, 0.29) is 28.8 Å². The number of rotatable bonds is 6. The zero-order valence-corrected chi connectivity index (χ0v) is 18.5. The standard InChI is InChI=1S/C22H23N5O4S/c1-3-13(2)12-31-22(28)18-19-21(26-17-7-5-4-6-16(17)25-19)27(20(18)23)14-8-10-15(11-9-14)32(24,29)30/h4-11,13H,3,12,23H2,1-2H3,(H2,24,29,30)/t13-/m0/s1. The van der Waals surface area contributed by atoms with Gasteiger partial charge in [-0.2, -0.15) is 0 Å². The molecule has 166 valence electrons. The smallest absolute Gasteiger partial charge is 0.344 e. The van der Waals surface area contributed by atoms with Crippen molar-refractivity contribution in [1.82, 2.24) is 14.5 Å². The molecule has 2 aromatic carbocycles. The number of nitrogens with zero attached hydrogens (tertiary/aromatic N) is 3. The molecular formula is C22H23N5O4S. The Bertz CT molecular complexity index is 1430. The van der Waals surface area contributed by atoms with E-state index in [0.29, 0.717) is 27.9 Å². The highest BCUT2D eigenvalue weighted by Crippen LogP contribution is 2.32. The maximum absolute atomic E-state index is 13.0. The molecule has 1 atom stereocenters. The highest BCUT2D eigenvalue weighted by molar-refractivity contribution is 7.89. The lowest BCUT2D eigenvalue weighted by Gasteiger charge is -2.10. The Morgan fingerprint density at radius 3 is 2.31 bits per heavy atom. The first-order chi connectivity index (χ1) is 15.2. The SMILES string of the molecule is CC[C@H](C)COC(=O)c1c(N)n(-c2ccc(S(N)(=O)=O)cc2)c2nc3ccccc3nc12. The summed E-state index contributed by atoms with van der Waals surface area (Å²) >= 11 is 0. The molecule has 0 saturated carbocycles. The van der Waals surface area contributed by atoms with Gasteiger partial charge in [0.15, 0.2) is 5.65 Å². The van der Waals surface area contributed by atoms with Crippen LogP contribution in [0.1, 0.15) is 30.6 Å². The molecular weight excluding hydrogens is 430 g/mol. The Kier molecular flexibility index (Phi) is 5.57. The lowest BCUT2D eigenvalue weighted by Crippen LogP contribution is -2.14. The summed E-state index contributed by atoms with van der Waals surface area (Å²) in [6.07, 6.45) is 0.866. The van der Waals surface area contributed by atoms with Crippen molar-refractivity contribution in [1.29, 1.82) is 0 Å². The highest BCUT2D eigenvalue weighted by Gasteiger charge is 2.26. The molecule has 0 aliphatic heterocycles. The maximum atomic E-state index is 13.0. The van der Waals surface area contributed by atoms with E-state index in [1.54, 1.807) is 28.8 Å². The number of ether oxygens (including phenoxy) is 1. The van der Waals surface area contributed by atoms with Crippen molar-refractivity contribution < 1.29 is 17.9 Å². The van der Waals surface area contributed by atoms with E-state index in [2.05, 4.69) is 9.97 Å². The predicted octanol–water partition coefficient (Wildman–Crippen LogP) is 3.01. The molecule has 0 spiro atoms. The van der Waals surface area contributed by atoms with E-state index in [0.717, 1.165) is 6.42 Å². The summed E-state index contributed by atoms with van der Waals surface area (Å²) in [5, 5.41) is 5.20. The average Bonchev–Trinajstić information content (AvgIpc) is 3.05. The average molecular weight is 454 g/mol. The van der Waals surface area contributed by atoms with Gasteiger partial charge >= 0.3 is 5.97 Å². The highest BCUT2D eigenvalue weighted by atomic mass is 32.2. The summed E-state index contributed by atoms with van der Waals surface area (Å²) in [4.78, 5) is 22.2. The lowest BCUT2D eigenvalue weighted by atomic mass is 10.1. The molecule has 32 heavy (non-hydrogen) atoms. The zero-order chi connectivity index (χ0) is 23.0. The van der Waals surface area contributed by atoms with Gasteiger partial charge in [0.1, 0.15) is 16.9 Å². The fourth-order valence-electron chi connectivity index (χ4n) is 3.32. The molecule has 0 unspecified atom stereocenters. The molecule has 0 radical (unpaired) electrons. The normalized spacial score (nSPS) is 12.8. The summed E-state index contributed by atoms with van der Waals surface area (Å²) in [7, 11) is -3.85. The summed E-state index contributed by atoms with van der Waals surface area (Å²) < 4.78 is 30.3. The maximum Gasteiger partial charge on any atom is 0.344 e. The Morgan fingerprint density at radius 2 is 1.72 bits per heavy atom. The Hall–Kier alpha value is -3.50. The van der Waals surface area contributed by atoms with Crippen LogP contribution in [0.2, 0.25) is 0 Å². The van der Waals surface area contributed by atoms with Gasteiger partial charge in [0.2, 0.25) is 10.0 Å². The number of fused-ring (bicyclic) bond motifs is 2. The zero-order valence-electron chi connectivity index (χ0n) is 17.6. The molecule has 0 aliphatic rings. The van der Waals surface area contributed by atoms with Crippen molar-refractivity contribution in [2.45, 2.75) is 25.2 Å². The number of benzene rings is 2. The molecule has 9 nitrogen and oxygen atoms in total. The molecule has 0 aliphatic carbocycles. The Balaban J connectivity index is 1.93. The first-order valence-corrected chi connectivity index (χ1v) is 11.6. The van der Waals surface area contributed by atoms with E-state index in [1.165, 1.54) is 12.1 Å². The number of carbonyl (C=O) groups is 1. The number of nitrogens with two attached hydrogens (primary N) is 2. The van der Waals surface area contributed by atoms with Crippen LogP contribution >= 0.6 is 0 Å². The van der Waals surface area contributed by atoms with Crippen molar-refractivity contribution >= 4 is 44.0 Å². The number of hydrogen-bond acceptors (Lipinski definition) is 7. The second-order valence-corrected chi connectivity index (χ2v) is 9.19. The van der Waals surface area contributed by atoms with E-state index in [4.69, 9.17) is 15.6 Å². The van der Waals surface area contributed by atoms with Crippen molar-refractivity contribution in [3.63, 3.8) is 0 Å². The minimum absolute atomic E-state index is 0.0407. The van der Waals surface area contributed by atoms with Crippen LogP contribution in [-0.2, 0) is 14.8 Å². The third kappa shape index (κ3) is 3.90. The molecule has 4 aromatic rings. The minimum atomic E-state index is -3.85. The van der Waals surface area contributed by atoms with Crippen LogP contribution in [0.25, 0.3) is 27.9 Å². The first kappa shape index (κ1) is 21.7. The van der Waals surface area contributed by atoms with Crippen molar-refractivity contribution in [3.8, 4) is 5.69 Å². The molecule has 0 amide bonds. The van der Waals surface area contributed by atoms with Gasteiger partial charge in [-0.3, -0.25) is 4.57 Å². The number of para-hydroxylation sites is 2. The number of sulfonamides is 1. The van der Waals surface area contributed by atoms with Gasteiger partial charge in [0.25, 0.3) is 0 Å². The minimum Gasteiger partial charge on any atom is -0.462 e.